The Balaban J connectivity index is 2.29. The van der Waals surface area contributed by atoms with Crippen LogP contribution >= 0.6 is 0 Å². The number of nitrogens with two attached hydrogens (primary N) is 1. The first kappa shape index (κ1) is 18.8. The predicted octanol–water partition coefficient (Wildman–Crippen LogP) is 1.04. The molecule has 1 atom stereocenters. The van der Waals surface area contributed by atoms with Crippen LogP contribution in [0.15, 0.2) is 18.2 Å². The monoisotopic (exact) mass is 335 g/mol. The van der Waals surface area contributed by atoms with Crippen molar-refractivity contribution in [3.63, 3.8) is 0 Å². The summed E-state index contributed by atoms with van der Waals surface area (Å²) in [5.41, 5.74) is 6.64. The number of methoxy groups -OCH3 is 2. The van der Waals surface area contributed by atoms with Crippen LogP contribution < -0.4 is 15.9 Å². The van der Waals surface area contributed by atoms with Gasteiger partial charge in [-0.1, -0.05) is 12.1 Å². The van der Waals surface area contributed by atoms with Crippen LogP contribution in [0.5, 0.6) is 5.75 Å². The van der Waals surface area contributed by atoms with Crippen LogP contribution in [-0.2, 0) is 25.3 Å². The van der Waals surface area contributed by atoms with E-state index in [1.165, 1.54) is 7.11 Å². The van der Waals surface area contributed by atoms with Crippen LogP contribution in [0.25, 0.3) is 0 Å². The van der Waals surface area contributed by atoms with Gasteiger partial charge in [0.2, 0.25) is 0 Å². The number of ether oxygens (including phenoxy) is 2. The topological polar surface area (TPSA) is 80.0 Å². The Morgan fingerprint density at radius 3 is 2.29 bits per heavy atom. The highest BCUT2D eigenvalue weighted by atomic mass is 16.7. The maximum Gasteiger partial charge on any atom is 0.498 e. The van der Waals surface area contributed by atoms with Crippen molar-refractivity contribution in [3.8, 4) is 5.75 Å². The summed E-state index contributed by atoms with van der Waals surface area (Å²) in [6.45, 7) is 7.99. The molecule has 1 heterocycles. The van der Waals surface area contributed by atoms with Gasteiger partial charge in [-0.3, -0.25) is 4.79 Å². The Morgan fingerprint density at radius 1 is 1.21 bits per heavy atom. The van der Waals surface area contributed by atoms with Crippen molar-refractivity contribution in [2.24, 2.45) is 5.73 Å². The molecular weight excluding hydrogens is 309 g/mol. The molecule has 0 spiro atoms. The second-order valence-electron chi connectivity index (χ2n) is 7.00. The molecular formula is C17H26BNO5. The lowest BCUT2D eigenvalue weighted by molar-refractivity contribution is -0.142. The SMILES string of the molecule is COC(=O)[C@@H](N)Cc1ccc(OC)c(B2OC(C)(C)C(C)(C)O2)c1. The third kappa shape index (κ3) is 3.58. The van der Waals surface area contributed by atoms with E-state index >= 15 is 0 Å². The van der Waals surface area contributed by atoms with Gasteiger partial charge in [-0.25, -0.2) is 0 Å². The molecule has 1 aliphatic rings. The molecule has 7 heteroatoms. The van der Waals surface area contributed by atoms with Gasteiger partial charge in [0.15, 0.2) is 0 Å². The van der Waals surface area contributed by atoms with Crippen LogP contribution in [-0.4, -0.2) is 44.6 Å². The largest absolute Gasteiger partial charge is 0.498 e. The average Bonchev–Trinajstić information content (AvgIpc) is 2.74. The summed E-state index contributed by atoms with van der Waals surface area (Å²) in [5, 5.41) is 0. The van der Waals surface area contributed by atoms with Crippen molar-refractivity contribution in [2.45, 2.75) is 51.4 Å². The molecule has 24 heavy (non-hydrogen) atoms. The maximum absolute atomic E-state index is 11.5. The molecule has 1 aromatic carbocycles. The van der Waals surface area contributed by atoms with Crippen LogP contribution in [0.4, 0.5) is 0 Å². The molecule has 2 rings (SSSR count). The summed E-state index contributed by atoms with van der Waals surface area (Å²) < 4.78 is 22.3. The van der Waals surface area contributed by atoms with Crippen molar-refractivity contribution in [1.29, 1.82) is 0 Å². The summed E-state index contributed by atoms with van der Waals surface area (Å²) >= 11 is 0. The van der Waals surface area contributed by atoms with Gasteiger partial charge < -0.3 is 24.5 Å². The molecule has 0 aliphatic carbocycles. The Morgan fingerprint density at radius 2 is 1.79 bits per heavy atom. The fraction of sp³-hybridized carbons (Fsp3) is 0.588. The second-order valence-corrected chi connectivity index (χ2v) is 7.00. The first-order valence-corrected chi connectivity index (χ1v) is 7.97. The number of carbonyl (C=O) groups is 1. The standard InChI is InChI=1S/C17H26BNO5/c1-16(2)17(3,4)24-18(23-16)12-9-11(7-8-14(12)21-5)10-13(19)15(20)22-6/h7-9,13H,10,19H2,1-6H3/t13-/m0/s1. The summed E-state index contributed by atoms with van der Waals surface area (Å²) in [6, 6.07) is 4.90. The molecule has 0 amide bonds. The maximum atomic E-state index is 11.5. The molecule has 2 N–H and O–H groups in total. The van der Waals surface area contributed by atoms with Crippen LogP contribution in [0.1, 0.15) is 33.3 Å². The average molecular weight is 335 g/mol. The number of rotatable bonds is 5. The summed E-state index contributed by atoms with van der Waals surface area (Å²) in [7, 11) is 2.38. The molecule has 1 aliphatic heterocycles. The lowest BCUT2D eigenvalue weighted by Gasteiger charge is -2.32. The van der Waals surface area contributed by atoms with E-state index in [9.17, 15) is 4.79 Å². The predicted molar refractivity (Wildman–Crippen MR) is 92.4 cm³/mol. The van der Waals surface area contributed by atoms with Gasteiger partial charge in [0, 0.05) is 5.46 Å². The quantitative estimate of drug-likeness (QED) is 0.640. The fourth-order valence-electron chi connectivity index (χ4n) is 2.55. The van der Waals surface area contributed by atoms with Crippen molar-refractivity contribution >= 4 is 18.6 Å². The molecule has 6 nitrogen and oxygen atoms in total. The third-order valence-corrected chi connectivity index (χ3v) is 4.76. The van der Waals surface area contributed by atoms with Crippen molar-refractivity contribution < 1.29 is 23.6 Å². The summed E-state index contributed by atoms with van der Waals surface area (Å²) in [4.78, 5) is 11.5. The zero-order valence-corrected chi connectivity index (χ0v) is 15.2. The highest BCUT2D eigenvalue weighted by Gasteiger charge is 2.52. The number of esters is 1. The van der Waals surface area contributed by atoms with Gasteiger partial charge in [-0.05, 0) is 45.7 Å². The first-order valence-electron chi connectivity index (χ1n) is 7.97. The molecule has 1 aromatic rings. The number of benzene rings is 1. The highest BCUT2D eigenvalue weighted by molar-refractivity contribution is 6.63. The van der Waals surface area contributed by atoms with Crippen LogP contribution in [0, 0.1) is 0 Å². The molecule has 0 radical (unpaired) electrons. The van der Waals surface area contributed by atoms with E-state index in [4.69, 9.17) is 19.8 Å². The van der Waals surface area contributed by atoms with Gasteiger partial charge in [-0.2, -0.15) is 0 Å². The molecule has 0 aromatic heterocycles. The van der Waals surface area contributed by atoms with E-state index < -0.39 is 30.3 Å². The Hall–Kier alpha value is -1.57. The number of carbonyl (C=O) groups excluding carboxylic acids is 1. The van der Waals surface area contributed by atoms with Crippen LogP contribution in [0.2, 0.25) is 0 Å². The van der Waals surface area contributed by atoms with Crippen LogP contribution in [0.3, 0.4) is 0 Å². The highest BCUT2D eigenvalue weighted by Crippen LogP contribution is 2.37. The molecule has 0 bridgehead atoms. The first-order chi connectivity index (χ1) is 11.1. The zero-order chi connectivity index (χ0) is 18.1. The minimum atomic E-state index is -0.713. The normalized spacial score (nSPS) is 19.9. The lowest BCUT2D eigenvalue weighted by atomic mass is 9.77. The molecule has 0 unspecified atom stereocenters. The van der Waals surface area contributed by atoms with E-state index in [-0.39, 0.29) is 0 Å². The molecule has 1 fully saturated rings. The number of hydrogen-bond acceptors (Lipinski definition) is 6. The minimum Gasteiger partial charge on any atom is -0.497 e. The smallest absolute Gasteiger partial charge is 0.497 e. The second kappa shape index (κ2) is 6.74. The molecule has 0 saturated carbocycles. The van der Waals surface area contributed by atoms with Gasteiger partial charge in [-0.15, -0.1) is 0 Å². The molecule has 132 valence electrons. The fourth-order valence-corrected chi connectivity index (χ4v) is 2.55. The van der Waals surface area contributed by atoms with E-state index in [2.05, 4.69) is 4.74 Å². The molecule has 1 saturated heterocycles. The van der Waals surface area contributed by atoms with Gasteiger partial charge in [0.1, 0.15) is 11.8 Å². The number of hydrogen-bond donors (Lipinski definition) is 1. The zero-order valence-electron chi connectivity index (χ0n) is 15.2. The third-order valence-electron chi connectivity index (χ3n) is 4.76. The summed E-state index contributed by atoms with van der Waals surface area (Å²) in [5.74, 6) is 0.229. The minimum absolute atomic E-state index is 0.364. The van der Waals surface area contributed by atoms with Crippen molar-refractivity contribution in [3.05, 3.63) is 23.8 Å². The Labute approximate surface area is 143 Å². The van der Waals surface area contributed by atoms with Gasteiger partial charge >= 0.3 is 13.1 Å². The Bertz CT molecular complexity index is 601. The van der Waals surface area contributed by atoms with E-state index in [0.29, 0.717) is 12.2 Å². The van der Waals surface area contributed by atoms with Crippen molar-refractivity contribution in [2.75, 3.05) is 14.2 Å². The van der Waals surface area contributed by atoms with Gasteiger partial charge in [0.25, 0.3) is 0 Å². The van der Waals surface area contributed by atoms with E-state index in [1.54, 1.807) is 7.11 Å². The lowest BCUT2D eigenvalue weighted by Crippen LogP contribution is -2.41. The van der Waals surface area contributed by atoms with Gasteiger partial charge in [0.05, 0.1) is 25.4 Å². The Kier molecular flexibility index (Phi) is 5.27. The van der Waals surface area contributed by atoms with E-state index in [1.807, 2.05) is 45.9 Å². The summed E-state index contributed by atoms with van der Waals surface area (Å²) in [6.07, 6.45) is 0.364. The van der Waals surface area contributed by atoms with E-state index in [0.717, 1.165) is 11.0 Å². The van der Waals surface area contributed by atoms with Crippen molar-refractivity contribution in [1.82, 2.24) is 0 Å².